The summed E-state index contributed by atoms with van der Waals surface area (Å²) in [6, 6.07) is 10.1. The number of ether oxygens (including phenoxy) is 1. The van der Waals surface area contributed by atoms with E-state index in [9.17, 15) is 4.79 Å². The molecule has 5 heteroatoms. The number of aryl methyl sites for hydroxylation is 1. The molecule has 0 unspecified atom stereocenters. The Morgan fingerprint density at radius 2 is 1.87 bits per heavy atom. The van der Waals surface area contributed by atoms with Crippen molar-refractivity contribution in [3.8, 4) is 0 Å². The molecule has 122 valence electrons. The van der Waals surface area contributed by atoms with Crippen LogP contribution >= 0.6 is 11.3 Å². The molecule has 1 amide bonds. The molecule has 23 heavy (non-hydrogen) atoms. The van der Waals surface area contributed by atoms with Crippen LogP contribution in [0.4, 0.5) is 0 Å². The Labute approximate surface area is 141 Å². The maximum Gasteiger partial charge on any atom is 0.254 e. The van der Waals surface area contributed by atoms with Gasteiger partial charge in [0.25, 0.3) is 5.91 Å². The minimum Gasteiger partial charge on any atom is -0.378 e. The molecule has 1 aliphatic rings. The first-order valence-electron chi connectivity index (χ1n) is 7.93. The molecule has 0 spiro atoms. The van der Waals surface area contributed by atoms with Crippen molar-refractivity contribution < 1.29 is 9.53 Å². The molecule has 1 aromatic carbocycles. The van der Waals surface area contributed by atoms with E-state index in [2.05, 4.69) is 23.7 Å². The average Bonchev–Trinajstić information content (AvgIpc) is 3.01. The van der Waals surface area contributed by atoms with Crippen LogP contribution in [0.1, 0.15) is 26.4 Å². The number of benzene rings is 1. The summed E-state index contributed by atoms with van der Waals surface area (Å²) in [7, 11) is 0. The first-order chi connectivity index (χ1) is 11.2. The van der Waals surface area contributed by atoms with E-state index in [0.717, 1.165) is 18.7 Å². The molecule has 0 atom stereocenters. The highest BCUT2D eigenvalue weighted by Crippen LogP contribution is 2.13. The van der Waals surface area contributed by atoms with Crippen LogP contribution in [-0.2, 0) is 17.8 Å². The summed E-state index contributed by atoms with van der Waals surface area (Å²) >= 11 is 1.78. The van der Waals surface area contributed by atoms with Crippen LogP contribution in [0.15, 0.2) is 35.7 Å². The van der Waals surface area contributed by atoms with E-state index in [0.29, 0.717) is 26.3 Å². The normalized spacial score (nSPS) is 14.9. The summed E-state index contributed by atoms with van der Waals surface area (Å²) < 4.78 is 5.29. The maximum atomic E-state index is 12.4. The maximum absolute atomic E-state index is 12.4. The number of carbonyl (C=O) groups excluding carboxylic acids is 1. The van der Waals surface area contributed by atoms with Crippen molar-refractivity contribution in [1.29, 1.82) is 0 Å². The standard InChI is InChI=1S/C18H22N2O2S/c1-14-10-16(13-23-14)12-19-11-15-2-4-17(5-3-15)18(21)20-6-8-22-9-7-20/h2-5,10,13,19H,6-9,11-12H2,1H3. The Hall–Kier alpha value is -1.69. The topological polar surface area (TPSA) is 41.6 Å². The van der Waals surface area contributed by atoms with Crippen LogP contribution in [-0.4, -0.2) is 37.1 Å². The summed E-state index contributed by atoms with van der Waals surface area (Å²) in [5, 5.41) is 5.63. The molecule has 1 aromatic heterocycles. The zero-order valence-electron chi connectivity index (χ0n) is 13.4. The monoisotopic (exact) mass is 330 g/mol. The zero-order valence-corrected chi connectivity index (χ0v) is 14.2. The van der Waals surface area contributed by atoms with Crippen LogP contribution in [0, 0.1) is 6.92 Å². The van der Waals surface area contributed by atoms with Gasteiger partial charge in [0.1, 0.15) is 0 Å². The van der Waals surface area contributed by atoms with Gasteiger partial charge in [-0.15, -0.1) is 11.3 Å². The highest BCUT2D eigenvalue weighted by molar-refractivity contribution is 7.10. The lowest BCUT2D eigenvalue weighted by Crippen LogP contribution is -2.40. The van der Waals surface area contributed by atoms with E-state index < -0.39 is 0 Å². The van der Waals surface area contributed by atoms with Crippen molar-refractivity contribution in [2.75, 3.05) is 26.3 Å². The quantitative estimate of drug-likeness (QED) is 0.916. The number of nitrogens with one attached hydrogen (secondary N) is 1. The van der Waals surface area contributed by atoms with Crippen molar-refractivity contribution in [2.45, 2.75) is 20.0 Å². The van der Waals surface area contributed by atoms with Gasteiger partial charge in [0.2, 0.25) is 0 Å². The predicted octanol–water partition coefficient (Wildman–Crippen LogP) is 2.82. The Kier molecular flexibility index (Phi) is 5.43. The predicted molar refractivity (Wildman–Crippen MR) is 92.8 cm³/mol. The number of amides is 1. The first kappa shape index (κ1) is 16.2. The Bertz CT molecular complexity index is 645. The molecule has 0 saturated carbocycles. The van der Waals surface area contributed by atoms with Crippen molar-refractivity contribution in [3.63, 3.8) is 0 Å². The van der Waals surface area contributed by atoms with Gasteiger partial charge >= 0.3 is 0 Å². The lowest BCUT2D eigenvalue weighted by Gasteiger charge is -2.26. The third-order valence-electron chi connectivity index (χ3n) is 3.94. The van der Waals surface area contributed by atoms with Gasteiger partial charge in [-0.25, -0.2) is 0 Å². The molecule has 2 heterocycles. The molecular weight excluding hydrogens is 308 g/mol. The van der Waals surface area contributed by atoms with Gasteiger partial charge in [-0.2, -0.15) is 0 Å². The number of carbonyl (C=O) groups is 1. The fourth-order valence-corrected chi connectivity index (χ4v) is 3.36. The molecule has 0 aliphatic carbocycles. The zero-order chi connectivity index (χ0) is 16.1. The minimum atomic E-state index is 0.0987. The molecule has 4 nitrogen and oxygen atoms in total. The Morgan fingerprint density at radius 1 is 1.17 bits per heavy atom. The summed E-state index contributed by atoms with van der Waals surface area (Å²) in [6.45, 7) is 6.44. The molecule has 0 bridgehead atoms. The second-order valence-electron chi connectivity index (χ2n) is 5.77. The summed E-state index contributed by atoms with van der Waals surface area (Å²) in [6.07, 6.45) is 0. The fourth-order valence-electron chi connectivity index (χ4n) is 2.66. The molecule has 3 rings (SSSR count). The van der Waals surface area contributed by atoms with E-state index in [1.54, 1.807) is 11.3 Å². The first-order valence-corrected chi connectivity index (χ1v) is 8.81. The van der Waals surface area contributed by atoms with Crippen LogP contribution < -0.4 is 5.32 Å². The van der Waals surface area contributed by atoms with Crippen LogP contribution in [0.25, 0.3) is 0 Å². The number of morpholine rings is 1. The van der Waals surface area contributed by atoms with E-state index in [1.807, 2.05) is 29.2 Å². The summed E-state index contributed by atoms with van der Waals surface area (Å²) in [4.78, 5) is 15.6. The lowest BCUT2D eigenvalue weighted by atomic mass is 10.1. The minimum absolute atomic E-state index is 0.0987. The lowest BCUT2D eigenvalue weighted by molar-refractivity contribution is 0.0303. The van der Waals surface area contributed by atoms with Gasteiger partial charge in [0.05, 0.1) is 13.2 Å². The van der Waals surface area contributed by atoms with Crippen molar-refractivity contribution in [3.05, 3.63) is 57.3 Å². The van der Waals surface area contributed by atoms with Gasteiger partial charge in [-0.3, -0.25) is 4.79 Å². The summed E-state index contributed by atoms with van der Waals surface area (Å²) in [5.74, 6) is 0.0987. The third kappa shape index (κ3) is 4.41. The molecule has 1 N–H and O–H groups in total. The van der Waals surface area contributed by atoms with E-state index in [-0.39, 0.29) is 5.91 Å². The van der Waals surface area contributed by atoms with Gasteiger partial charge in [0.15, 0.2) is 0 Å². The van der Waals surface area contributed by atoms with E-state index >= 15 is 0 Å². The van der Waals surface area contributed by atoms with Crippen molar-refractivity contribution in [2.24, 2.45) is 0 Å². The largest absolute Gasteiger partial charge is 0.378 e. The van der Waals surface area contributed by atoms with Crippen LogP contribution in [0.5, 0.6) is 0 Å². The third-order valence-corrected chi connectivity index (χ3v) is 4.85. The van der Waals surface area contributed by atoms with Gasteiger partial charge in [-0.05, 0) is 41.6 Å². The highest BCUT2D eigenvalue weighted by Gasteiger charge is 2.18. The molecule has 1 saturated heterocycles. The average molecular weight is 330 g/mol. The van der Waals surface area contributed by atoms with Crippen molar-refractivity contribution >= 4 is 17.2 Å². The van der Waals surface area contributed by atoms with Gasteiger partial charge in [0, 0.05) is 36.6 Å². The van der Waals surface area contributed by atoms with Crippen molar-refractivity contribution in [1.82, 2.24) is 10.2 Å². The van der Waals surface area contributed by atoms with E-state index in [4.69, 9.17) is 4.74 Å². The molecular formula is C18H22N2O2S. The molecule has 2 aromatic rings. The smallest absolute Gasteiger partial charge is 0.254 e. The second kappa shape index (κ2) is 7.73. The molecule has 1 aliphatic heterocycles. The highest BCUT2D eigenvalue weighted by atomic mass is 32.1. The molecule has 0 radical (unpaired) electrons. The number of hydrogen-bond donors (Lipinski definition) is 1. The van der Waals surface area contributed by atoms with Gasteiger partial charge < -0.3 is 15.0 Å². The SMILES string of the molecule is Cc1cc(CNCc2ccc(C(=O)N3CCOCC3)cc2)cs1. The summed E-state index contributed by atoms with van der Waals surface area (Å²) in [5.41, 5.74) is 3.27. The Balaban J connectivity index is 1.51. The number of rotatable bonds is 5. The second-order valence-corrected chi connectivity index (χ2v) is 6.89. The van der Waals surface area contributed by atoms with Gasteiger partial charge in [-0.1, -0.05) is 12.1 Å². The van der Waals surface area contributed by atoms with E-state index in [1.165, 1.54) is 16.0 Å². The van der Waals surface area contributed by atoms with Crippen LogP contribution in [0.3, 0.4) is 0 Å². The molecule has 1 fully saturated rings. The number of nitrogens with zero attached hydrogens (tertiary/aromatic N) is 1. The number of thiophene rings is 1. The fraction of sp³-hybridized carbons (Fsp3) is 0.389. The van der Waals surface area contributed by atoms with Crippen LogP contribution in [0.2, 0.25) is 0 Å². The number of hydrogen-bond acceptors (Lipinski definition) is 4. The Morgan fingerprint density at radius 3 is 2.52 bits per heavy atom.